The van der Waals surface area contributed by atoms with Crippen molar-refractivity contribution in [2.24, 2.45) is 11.7 Å². The fourth-order valence-corrected chi connectivity index (χ4v) is 4.23. The van der Waals surface area contributed by atoms with Crippen LogP contribution in [-0.2, 0) is 12.8 Å². The summed E-state index contributed by atoms with van der Waals surface area (Å²) in [5.41, 5.74) is 8.19. The maximum absolute atomic E-state index is 11.8. The van der Waals surface area contributed by atoms with Gasteiger partial charge in [-0.3, -0.25) is 9.78 Å². The first-order valence-corrected chi connectivity index (χ1v) is 10.3. The molecule has 2 aliphatic carbocycles. The van der Waals surface area contributed by atoms with Crippen LogP contribution in [0.5, 0.6) is 0 Å². The average Bonchev–Trinajstić information content (AvgIpc) is 2.71. The molecule has 0 spiro atoms. The van der Waals surface area contributed by atoms with E-state index in [-0.39, 0.29) is 29.7 Å². The fraction of sp³-hybridized carbons (Fsp3) is 0.524. The highest BCUT2D eigenvalue weighted by Crippen LogP contribution is 2.28. The number of nitrogens with zero attached hydrogens (tertiary/aromatic N) is 3. The quantitative estimate of drug-likeness (QED) is 0.608. The summed E-state index contributed by atoms with van der Waals surface area (Å²) in [6.07, 6.45) is 8.13. The average molecular weight is 396 g/mol. The van der Waals surface area contributed by atoms with Crippen LogP contribution in [0.1, 0.15) is 54.2 Å². The highest BCUT2D eigenvalue weighted by molar-refractivity contribution is 5.97. The number of amides is 1. The molecule has 0 unspecified atom stereocenters. The number of rotatable bonds is 5. The molecule has 5 N–H and O–H groups in total. The molecule has 0 radical (unpaired) electrons. The van der Waals surface area contributed by atoms with Crippen LogP contribution in [0.25, 0.3) is 0 Å². The van der Waals surface area contributed by atoms with E-state index in [1.807, 2.05) is 12.3 Å². The van der Waals surface area contributed by atoms with Gasteiger partial charge < -0.3 is 21.5 Å². The van der Waals surface area contributed by atoms with Crippen LogP contribution in [0.2, 0.25) is 0 Å². The smallest absolute Gasteiger partial charge is 0.254 e. The summed E-state index contributed by atoms with van der Waals surface area (Å²) in [7, 11) is 0. The lowest BCUT2D eigenvalue weighted by Crippen LogP contribution is -2.36. The zero-order valence-corrected chi connectivity index (χ0v) is 16.6. The third-order valence-corrected chi connectivity index (χ3v) is 6.06. The van der Waals surface area contributed by atoms with Gasteiger partial charge in [0.15, 0.2) is 0 Å². The van der Waals surface area contributed by atoms with E-state index in [9.17, 15) is 9.90 Å². The van der Waals surface area contributed by atoms with Gasteiger partial charge in [0.05, 0.1) is 11.7 Å². The van der Waals surface area contributed by atoms with Crippen LogP contribution < -0.4 is 16.4 Å². The second kappa shape index (κ2) is 8.32. The van der Waals surface area contributed by atoms with Gasteiger partial charge in [-0.25, -0.2) is 4.98 Å². The molecule has 8 heteroatoms. The second-order valence-corrected chi connectivity index (χ2v) is 8.21. The predicted octanol–water partition coefficient (Wildman–Crippen LogP) is 1.90. The Kier molecular flexibility index (Phi) is 5.62. The first-order chi connectivity index (χ1) is 14.0. The molecule has 8 nitrogen and oxygen atoms in total. The normalized spacial score (nSPS) is 26.4. The zero-order valence-electron chi connectivity index (χ0n) is 16.6. The zero-order chi connectivity index (χ0) is 20.4. The first-order valence-electron chi connectivity index (χ1n) is 10.3. The summed E-state index contributed by atoms with van der Waals surface area (Å²) in [4.78, 5) is 25.1. The Labute approximate surface area is 170 Å². The lowest BCUT2D eigenvalue weighted by Gasteiger charge is -2.32. The number of aliphatic hydroxyl groups excluding tert-OH is 1. The minimum atomic E-state index is -0.568. The minimum Gasteiger partial charge on any atom is -0.393 e. The van der Waals surface area contributed by atoms with Gasteiger partial charge in [0, 0.05) is 30.2 Å². The van der Waals surface area contributed by atoms with E-state index in [0.29, 0.717) is 18.2 Å². The van der Waals surface area contributed by atoms with Crippen molar-refractivity contribution >= 4 is 17.7 Å². The summed E-state index contributed by atoms with van der Waals surface area (Å²) in [6.45, 7) is 2.06. The number of carbonyl (C=O) groups is 1. The van der Waals surface area contributed by atoms with Crippen LogP contribution in [-0.4, -0.2) is 44.2 Å². The molecule has 0 aromatic carbocycles. The Bertz CT molecular complexity index is 889. The largest absolute Gasteiger partial charge is 0.393 e. The van der Waals surface area contributed by atoms with E-state index in [4.69, 9.17) is 5.73 Å². The molecule has 0 aliphatic heterocycles. The van der Waals surface area contributed by atoms with Gasteiger partial charge in [-0.1, -0.05) is 13.0 Å². The SMILES string of the molecule is C[C@@H]1CC[C@@H](Nc2nc(N[C@@H]3CCc4ncccc4C3)ncc2C(N)=O)C[C@H]1O. The number of primary amides is 1. The summed E-state index contributed by atoms with van der Waals surface area (Å²) in [5.74, 6) is 0.621. The lowest BCUT2D eigenvalue weighted by molar-refractivity contribution is 0.0739. The molecule has 2 heterocycles. The van der Waals surface area contributed by atoms with Gasteiger partial charge in [0.25, 0.3) is 5.91 Å². The molecule has 0 saturated heterocycles. The number of aromatic nitrogens is 3. The standard InChI is InChI=1S/C21H28N6O2/c1-12-4-5-15(10-18(12)28)25-20-16(19(22)29)11-24-21(27-20)26-14-6-7-17-13(9-14)3-2-8-23-17/h2-3,8,11-12,14-15,18,28H,4-7,9-10H2,1H3,(H2,22,29)(H2,24,25,26,27)/t12-,14-,15-,18-/m1/s1. The number of aliphatic hydroxyl groups is 1. The summed E-state index contributed by atoms with van der Waals surface area (Å²) < 4.78 is 0. The molecular weight excluding hydrogens is 368 g/mol. The lowest BCUT2D eigenvalue weighted by atomic mass is 9.85. The molecule has 2 aliphatic rings. The van der Waals surface area contributed by atoms with E-state index in [1.54, 1.807) is 0 Å². The second-order valence-electron chi connectivity index (χ2n) is 8.21. The molecular formula is C21H28N6O2. The maximum Gasteiger partial charge on any atom is 0.254 e. The van der Waals surface area contributed by atoms with Crippen LogP contribution >= 0.6 is 0 Å². The minimum absolute atomic E-state index is 0.0506. The molecule has 2 aromatic heterocycles. The molecule has 4 atom stereocenters. The van der Waals surface area contributed by atoms with Crippen LogP contribution in [0.15, 0.2) is 24.5 Å². The Hall–Kier alpha value is -2.74. The number of hydrogen-bond acceptors (Lipinski definition) is 7. The number of nitrogens with two attached hydrogens (primary N) is 1. The first kappa shape index (κ1) is 19.6. The molecule has 1 fully saturated rings. The van der Waals surface area contributed by atoms with E-state index < -0.39 is 5.91 Å². The van der Waals surface area contributed by atoms with E-state index in [2.05, 4.69) is 38.6 Å². The van der Waals surface area contributed by atoms with E-state index >= 15 is 0 Å². The highest BCUT2D eigenvalue weighted by Gasteiger charge is 2.27. The van der Waals surface area contributed by atoms with E-state index in [1.165, 1.54) is 11.8 Å². The van der Waals surface area contributed by atoms with Crippen LogP contribution in [0.4, 0.5) is 11.8 Å². The molecule has 29 heavy (non-hydrogen) atoms. The molecule has 1 amide bonds. The molecule has 0 bridgehead atoms. The van der Waals surface area contributed by atoms with Gasteiger partial charge in [-0.05, 0) is 56.1 Å². The van der Waals surface area contributed by atoms with Crippen molar-refractivity contribution in [1.82, 2.24) is 15.0 Å². The molecule has 154 valence electrons. The van der Waals surface area contributed by atoms with Gasteiger partial charge in [0.1, 0.15) is 5.82 Å². The number of anilines is 2. The third-order valence-electron chi connectivity index (χ3n) is 6.06. The Morgan fingerprint density at radius 1 is 1.21 bits per heavy atom. The summed E-state index contributed by atoms with van der Waals surface area (Å²) in [5, 5.41) is 16.9. The molecule has 4 rings (SSSR count). The van der Waals surface area contributed by atoms with Gasteiger partial charge in [0.2, 0.25) is 5.95 Å². The van der Waals surface area contributed by atoms with Crippen molar-refractivity contribution < 1.29 is 9.90 Å². The summed E-state index contributed by atoms with van der Waals surface area (Å²) in [6, 6.07) is 4.32. The monoisotopic (exact) mass is 396 g/mol. The third kappa shape index (κ3) is 4.48. The van der Waals surface area contributed by atoms with Crippen molar-refractivity contribution in [2.45, 2.75) is 63.6 Å². The van der Waals surface area contributed by atoms with E-state index in [0.717, 1.165) is 37.8 Å². The number of carbonyl (C=O) groups excluding carboxylic acids is 1. The Balaban J connectivity index is 1.49. The van der Waals surface area contributed by atoms with Crippen molar-refractivity contribution in [3.8, 4) is 0 Å². The number of nitrogens with one attached hydrogen (secondary N) is 2. The highest BCUT2D eigenvalue weighted by atomic mass is 16.3. The van der Waals surface area contributed by atoms with Crippen LogP contribution in [0, 0.1) is 5.92 Å². The number of aryl methyl sites for hydroxylation is 1. The van der Waals surface area contributed by atoms with Gasteiger partial charge in [-0.15, -0.1) is 0 Å². The van der Waals surface area contributed by atoms with Crippen LogP contribution in [0.3, 0.4) is 0 Å². The maximum atomic E-state index is 11.8. The number of hydrogen-bond donors (Lipinski definition) is 4. The van der Waals surface area contributed by atoms with Crippen molar-refractivity contribution in [1.29, 1.82) is 0 Å². The fourth-order valence-electron chi connectivity index (χ4n) is 4.23. The number of pyridine rings is 1. The molecule has 2 aromatic rings. The van der Waals surface area contributed by atoms with Crippen molar-refractivity contribution in [3.05, 3.63) is 41.3 Å². The predicted molar refractivity (Wildman–Crippen MR) is 111 cm³/mol. The van der Waals surface area contributed by atoms with Gasteiger partial charge in [-0.2, -0.15) is 4.98 Å². The number of fused-ring (bicyclic) bond motifs is 1. The summed E-state index contributed by atoms with van der Waals surface area (Å²) >= 11 is 0. The van der Waals surface area contributed by atoms with Crippen molar-refractivity contribution in [2.75, 3.05) is 10.6 Å². The van der Waals surface area contributed by atoms with Gasteiger partial charge >= 0.3 is 0 Å². The van der Waals surface area contributed by atoms with Crippen molar-refractivity contribution in [3.63, 3.8) is 0 Å². The Morgan fingerprint density at radius 3 is 2.86 bits per heavy atom. The Morgan fingerprint density at radius 2 is 2.07 bits per heavy atom. The topological polar surface area (TPSA) is 126 Å². The molecule has 1 saturated carbocycles.